The van der Waals surface area contributed by atoms with Crippen LogP contribution in [0.2, 0.25) is 0 Å². The number of anilines is 1. The van der Waals surface area contributed by atoms with Crippen molar-refractivity contribution in [3.63, 3.8) is 0 Å². The summed E-state index contributed by atoms with van der Waals surface area (Å²) in [7, 11) is -2.95. The number of hydrogen-bond donors (Lipinski definition) is 2. The molecule has 1 amide bonds. The lowest BCUT2D eigenvalue weighted by atomic mass is 10.2. The number of carbonyl (C=O) groups is 1. The summed E-state index contributed by atoms with van der Waals surface area (Å²) in [4.78, 5) is 19.6. The first-order valence-corrected chi connectivity index (χ1v) is 8.00. The van der Waals surface area contributed by atoms with E-state index < -0.39 is 9.84 Å². The van der Waals surface area contributed by atoms with Gasteiger partial charge in [-0.15, -0.1) is 6.58 Å². The first kappa shape index (κ1) is 14.4. The Morgan fingerprint density at radius 2 is 2.30 bits per heavy atom. The van der Waals surface area contributed by atoms with Crippen LogP contribution in [0.15, 0.2) is 25.0 Å². The lowest BCUT2D eigenvalue weighted by molar-refractivity contribution is 0.0953. The van der Waals surface area contributed by atoms with E-state index in [-0.39, 0.29) is 29.1 Å². The van der Waals surface area contributed by atoms with E-state index in [1.807, 2.05) is 0 Å². The maximum atomic E-state index is 11.7. The van der Waals surface area contributed by atoms with Crippen LogP contribution < -0.4 is 10.6 Å². The van der Waals surface area contributed by atoms with Crippen LogP contribution in [0.3, 0.4) is 0 Å². The Labute approximate surface area is 117 Å². The Morgan fingerprint density at radius 3 is 2.95 bits per heavy atom. The van der Waals surface area contributed by atoms with Gasteiger partial charge in [0, 0.05) is 18.7 Å². The zero-order valence-electron chi connectivity index (χ0n) is 10.9. The summed E-state index contributed by atoms with van der Waals surface area (Å²) in [5, 5.41) is 5.63. The van der Waals surface area contributed by atoms with Crippen molar-refractivity contribution in [2.24, 2.45) is 0 Å². The van der Waals surface area contributed by atoms with Crippen molar-refractivity contribution in [3.05, 3.63) is 30.7 Å². The van der Waals surface area contributed by atoms with Crippen molar-refractivity contribution in [3.8, 4) is 0 Å². The fourth-order valence-corrected chi connectivity index (χ4v) is 3.61. The lowest BCUT2D eigenvalue weighted by Gasteiger charge is -2.11. The van der Waals surface area contributed by atoms with Gasteiger partial charge in [0.05, 0.1) is 11.5 Å². The number of sulfone groups is 1. The van der Waals surface area contributed by atoms with E-state index >= 15 is 0 Å². The van der Waals surface area contributed by atoms with Crippen LogP contribution in [-0.2, 0) is 9.84 Å². The van der Waals surface area contributed by atoms with Crippen molar-refractivity contribution in [2.45, 2.75) is 12.5 Å². The zero-order chi connectivity index (χ0) is 14.6. The van der Waals surface area contributed by atoms with Gasteiger partial charge in [0.25, 0.3) is 5.91 Å². The summed E-state index contributed by atoms with van der Waals surface area (Å²) in [5.74, 6) is 0.400. The molecule has 0 aromatic carbocycles. The SMILES string of the molecule is C=CCNC(=O)c1cc(NC2CCS(=O)(=O)C2)ncn1. The highest BCUT2D eigenvalue weighted by molar-refractivity contribution is 7.91. The molecule has 8 heteroatoms. The molecule has 0 saturated carbocycles. The molecule has 2 rings (SSSR count). The molecule has 0 aliphatic carbocycles. The summed E-state index contributed by atoms with van der Waals surface area (Å²) in [6, 6.07) is 1.34. The summed E-state index contributed by atoms with van der Waals surface area (Å²) < 4.78 is 22.8. The highest BCUT2D eigenvalue weighted by atomic mass is 32.2. The maximum absolute atomic E-state index is 11.7. The molecule has 20 heavy (non-hydrogen) atoms. The molecule has 1 aliphatic heterocycles. The number of nitrogens with one attached hydrogen (secondary N) is 2. The molecule has 0 spiro atoms. The van der Waals surface area contributed by atoms with E-state index in [2.05, 4.69) is 27.2 Å². The topological polar surface area (TPSA) is 101 Å². The Morgan fingerprint density at radius 1 is 1.50 bits per heavy atom. The predicted molar refractivity (Wildman–Crippen MR) is 75.2 cm³/mol. The number of aromatic nitrogens is 2. The molecule has 1 saturated heterocycles. The van der Waals surface area contributed by atoms with Gasteiger partial charge >= 0.3 is 0 Å². The van der Waals surface area contributed by atoms with Crippen molar-refractivity contribution in [2.75, 3.05) is 23.4 Å². The van der Waals surface area contributed by atoms with E-state index in [1.165, 1.54) is 12.4 Å². The third kappa shape index (κ3) is 3.77. The highest BCUT2D eigenvalue weighted by Crippen LogP contribution is 2.16. The van der Waals surface area contributed by atoms with Gasteiger partial charge in [-0.3, -0.25) is 4.79 Å². The second-order valence-electron chi connectivity index (χ2n) is 4.53. The van der Waals surface area contributed by atoms with Gasteiger partial charge in [0.2, 0.25) is 0 Å². The van der Waals surface area contributed by atoms with Crippen molar-refractivity contribution < 1.29 is 13.2 Å². The fourth-order valence-electron chi connectivity index (χ4n) is 1.93. The highest BCUT2D eigenvalue weighted by Gasteiger charge is 2.28. The van der Waals surface area contributed by atoms with Crippen molar-refractivity contribution in [1.82, 2.24) is 15.3 Å². The molecule has 1 atom stereocenters. The van der Waals surface area contributed by atoms with Crippen molar-refractivity contribution >= 4 is 21.6 Å². The van der Waals surface area contributed by atoms with Crippen LogP contribution in [0.1, 0.15) is 16.9 Å². The van der Waals surface area contributed by atoms with Crippen LogP contribution >= 0.6 is 0 Å². The number of carbonyl (C=O) groups excluding carboxylic acids is 1. The average Bonchev–Trinajstić information content (AvgIpc) is 2.75. The van der Waals surface area contributed by atoms with E-state index in [9.17, 15) is 13.2 Å². The summed E-state index contributed by atoms with van der Waals surface area (Å²) >= 11 is 0. The molecule has 2 heterocycles. The normalized spacial score (nSPS) is 20.3. The second kappa shape index (κ2) is 6.00. The van der Waals surface area contributed by atoms with Crippen LogP contribution in [0.4, 0.5) is 5.82 Å². The largest absolute Gasteiger partial charge is 0.366 e. The van der Waals surface area contributed by atoms with E-state index in [4.69, 9.17) is 0 Å². The minimum atomic E-state index is -2.95. The quantitative estimate of drug-likeness (QED) is 0.741. The zero-order valence-corrected chi connectivity index (χ0v) is 11.7. The van der Waals surface area contributed by atoms with Gasteiger partial charge in [-0.1, -0.05) is 6.08 Å². The molecular formula is C12H16N4O3S. The molecule has 1 aromatic rings. The molecule has 1 aromatic heterocycles. The van der Waals surface area contributed by atoms with Gasteiger partial charge in [-0.05, 0) is 6.42 Å². The molecule has 1 unspecified atom stereocenters. The standard InChI is InChI=1S/C12H16N4O3S/c1-2-4-13-12(17)10-6-11(15-8-14-10)16-9-3-5-20(18,19)7-9/h2,6,8-9H,1,3-5,7H2,(H,13,17)(H,14,15,16). The first-order valence-electron chi connectivity index (χ1n) is 6.18. The van der Waals surface area contributed by atoms with Gasteiger partial charge in [-0.25, -0.2) is 18.4 Å². The minimum absolute atomic E-state index is 0.0923. The smallest absolute Gasteiger partial charge is 0.270 e. The third-order valence-electron chi connectivity index (χ3n) is 2.89. The number of amides is 1. The van der Waals surface area contributed by atoms with Crippen molar-refractivity contribution in [1.29, 1.82) is 0 Å². The molecule has 1 fully saturated rings. The summed E-state index contributed by atoms with van der Waals surface area (Å²) in [5.41, 5.74) is 0.227. The molecule has 1 aliphatic rings. The Hall–Kier alpha value is -1.96. The minimum Gasteiger partial charge on any atom is -0.366 e. The molecule has 108 valence electrons. The summed E-state index contributed by atoms with van der Waals surface area (Å²) in [6.45, 7) is 3.86. The van der Waals surface area contributed by atoms with Crippen LogP contribution in [-0.4, -0.2) is 48.4 Å². The molecule has 2 N–H and O–H groups in total. The molecule has 7 nitrogen and oxygen atoms in total. The lowest BCUT2D eigenvalue weighted by Crippen LogP contribution is -2.25. The molecule has 0 bridgehead atoms. The first-order chi connectivity index (χ1) is 9.50. The number of nitrogens with zero attached hydrogens (tertiary/aromatic N) is 2. The Balaban J connectivity index is 2.03. The van der Waals surface area contributed by atoms with E-state index in [1.54, 1.807) is 6.08 Å². The monoisotopic (exact) mass is 296 g/mol. The van der Waals surface area contributed by atoms with Crippen LogP contribution in [0.5, 0.6) is 0 Å². The summed E-state index contributed by atoms with van der Waals surface area (Å²) in [6.07, 6.45) is 3.39. The molecular weight excluding hydrogens is 280 g/mol. The Bertz CT molecular complexity index is 615. The van der Waals surface area contributed by atoms with Crippen LogP contribution in [0, 0.1) is 0 Å². The number of rotatable bonds is 5. The van der Waals surface area contributed by atoms with Crippen LogP contribution in [0.25, 0.3) is 0 Å². The fraction of sp³-hybridized carbons (Fsp3) is 0.417. The predicted octanol–water partition coefficient (Wildman–Crippen LogP) is -0.00860. The second-order valence-corrected chi connectivity index (χ2v) is 6.76. The maximum Gasteiger partial charge on any atom is 0.270 e. The van der Waals surface area contributed by atoms with Gasteiger partial charge in [-0.2, -0.15) is 0 Å². The third-order valence-corrected chi connectivity index (χ3v) is 4.66. The Kier molecular flexibility index (Phi) is 4.33. The van der Waals surface area contributed by atoms with Gasteiger partial charge < -0.3 is 10.6 Å². The number of hydrogen-bond acceptors (Lipinski definition) is 6. The van der Waals surface area contributed by atoms with E-state index in [0.29, 0.717) is 18.8 Å². The van der Waals surface area contributed by atoms with Gasteiger partial charge in [0.1, 0.15) is 17.8 Å². The average molecular weight is 296 g/mol. The van der Waals surface area contributed by atoms with Gasteiger partial charge in [0.15, 0.2) is 9.84 Å². The molecule has 0 radical (unpaired) electrons. The van der Waals surface area contributed by atoms with E-state index in [0.717, 1.165) is 0 Å².